The Kier molecular flexibility index (Phi) is 4.13. The highest BCUT2D eigenvalue weighted by Crippen LogP contribution is 2.30. The molecule has 1 saturated carbocycles. The van der Waals surface area contributed by atoms with E-state index in [0.717, 1.165) is 24.2 Å². The van der Waals surface area contributed by atoms with Gasteiger partial charge >= 0.3 is 0 Å². The molecule has 0 aliphatic heterocycles. The largest absolute Gasteiger partial charge is 0.368 e. The van der Waals surface area contributed by atoms with Crippen LogP contribution in [0.1, 0.15) is 55.8 Å². The quantitative estimate of drug-likeness (QED) is 0.849. The molecular weight excluding hydrogens is 260 g/mol. The van der Waals surface area contributed by atoms with Crippen molar-refractivity contribution in [2.45, 2.75) is 51.4 Å². The molecule has 1 aromatic carbocycles. The molecule has 1 aliphatic carbocycles. The number of nitrogen functional groups attached to an aromatic ring is 1. The molecule has 2 N–H and O–H groups in total. The lowest BCUT2D eigenvalue weighted by Gasteiger charge is -2.13. The summed E-state index contributed by atoms with van der Waals surface area (Å²) in [5.41, 5.74) is 8.13. The van der Waals surface area contributed by atoms with Crippen LogP contribution in [-0.4, -0.2) is 15.0 Å². The van der Waals surface area contributed by atoms with E-state index in [0.29, 0.717) is 17.7 Å². The number of benzene rings is 1. The van der Waals surface area contributed by atoms with Crippen LogP contribution in [0.15, 0.2) is 24.3 Å². The molecule has 0 amide bonds. The van der Waals surface area contributed by atoms with Crippen molar-refractivity contribution in [3.05, 3.63) is 35.7 Å². The Bertz CT molecular complexity index is 616. The number of rotatable bonds is 2. The molecule has 1 fully saturated rings. The van der Waals surface area contributed by atoms with Crippen molar-refractivity contribution in [3.8, 4) is 11.4 Å². The minimum Gasteiger partial charge on any atom is -0.368 e. The molecule has 0 bridgehead atoms. The third-order valence-corrected chi connectivity index (χ3v) is 4.17. The molecule has 1 heterocycles. The molecule has 3 rings (SSSR count). The fourth-order valence-electron chi connectivity index (χ4n) is 3.04. The third kappa shape index (κ3) is 3.38. The average molecular weight is 282 g/mol. The van der Waals surface area contributed by atoms with Crippen LogP contribution >= 0.6 is 0 Å². The summed E-state index contributed by atoms with van der Waals surface area (Å²) < 4.78 is 0. The summed E-state index contributed by atoms with van der Waals surface area (Å²) >= 11 is 0. The maximum Gasteiger partial charge on any atom is 0.223 e. The Morgan fingerprint density at radius 3 is 2.48 bits per heavy atom. The predicted molar refractivity (Wildman–Crippen MR) is 84.9 cm³/mol. The van der Waals surface area contributed by atoms with Gasteiger partial charge in [0.25, 0.3) is 0 Å². The number of hydrogen-bond donors (Lipinski definition) is 1. The Morgan fingerprint density at radius 1 is 1.00 bits per heavy atom. The van der Waals surface area contributed by atoms with Crippen LogP contribution < -0.4 is 5.73 Å². The summed E-state index contributed by atoms with van der Waals surface area (Å²) in [5, 5.41) is 0. The van der Waals surface area contributed by atoms with Gasteiger partial charge in [-0.2, -0.15) is 9.97 Å². The molecule has 110 valence electrons. The lowest BCUT2D eigenvalue weighted by atomic mass is 9.99. The summed E-state index contributed by atoms with van der Waals surface area (Å²) in [4.78, 5) is 13.4. The summed E-state index contributed by atoms with van der Waals surface area (Å²) in [6.45, 7) is 2.07. The molecule has 0 saturated heterocycles. The number of anilines is 1. The van der Waals surface area contributed by atoms with E-state index in [-0.39, 0.29) is 0 Å². The molecule has 4 nitrogen and oxygen atoms in total. The van der Waals surface area contributed by atoms with Gasteiger partial charge in [0.1, 0.15) is 5.82 Å². The van der Waals surface area contributed by atoms with Gasteiger partial charge in [-0.05, 0) is 25.8 Å². The second-order valence-electron chi connectivity index (χ2n) is 5.93. The maximum atomic E-state index is 5.92. The normalized spacial score (nSPS) is 16.6. The number of aryl methyl sites for hydroxylation is 1. The summed E-state index contributed by atoms with van der Waals surface area (Å²) in [7, 11) is 0. The SMILES string of the molecule is Cc1cccc(-c2nc(N)nc(C3CCCCCC3)n2)c1. The topological polar surface area (TPSA) is 64.7 Å². The van der Waals surface area contributed by atoms with Crippen molar-refractivity contribution in [3.63, 3.8) is 0 Å². The Labute approximate surface area is 125 Å². The average Bonchev–Trinajstić information content (AvgIpc) is 2.76. The minimum absolute atomic E-state index is 0.334. The number of hydrogen-bond acceptors (Lipinski definition) is 4. The first-order valence-corrected chi connectivity index (χ1v) is 7.81. The van der Waals surface area contributed by atoms with Gasteiger partial charge in [-0.15, -0.1) is 0 Å². The van der Waals surface area contributed by atoms with E-state index in [4.69, 9.17) is 10.7 Å². The van der Waals surface area contributed by atoms with Crippen molar-refractivity contribution in [2.75, 3.05) is 5.73 Å². The number of nitrogens with two attached hydrogens (primary N) is 1. The van der Waals surface area contributed by atoms with E-state index in [1.54, 1.807) is 0 Å². The molecule has 1 aromatic heterocycles. The Hall–Kier alpha value is -1.97. The van der Waals surface area contributed by atoms with Crippen molar-refractivity contribution in [1.82, 2.24) is 15.0 Å². The van der Waals surface area contributed by atoms with Crippen LogP contribution in [0.5, 0.6) is 0 Å². The predicted octanol–water partition coefficient (Wildman–Crippen LogP) is 3.87. The zero-order valence-corrected chi connectivity index (χ0v) is 12.5. The van der Waals surface area contributed by atoms with Crippen molar-refractivity contribution in [2.24, 2.45) is 0 Å². The zero-order chi connectivity index (χ0) is 14.7. The summed E-state index contributed by atoms with van der Waals surface area (Å²) in [5.74, 6) is 2.34. The first-order valence-electron chi connectivity index (χ1n) is 7.81. The highest BCUT2D eigenvalue weighted by molar-refractivity contribution is 5.56. The maximum absolute atomic E-state index is 5.92. The first-order chi connectivity index (χ1) is 10.2. The molecular formula is C17H22N4. The van der Waals surface area contributed by atoms with Gasteiger partial charge in [0, 0.05) is 11.5 Å². The van der Waals surface area contributed by atoms with Gasteiger partial charge < -0.3 is 5.73 Å². The van der Waals surface area contributed by atoms with E-state index in [1.807, 2.05) is 12.1 Å². The minimum atomic E-state index is 0.334. The highest BCUT2D eigenvalue weighted by Gasteiger charge is 2.19. The Balaban J connectivity index is 1.95. The van der Waals surface area contributed by atoms with E-state index in [9.17, 15) is 0 Å². The molecule has 0 radical (unpaired) electrons. The molecule has 0 unspecified atom stereocenters. The lowest BCUT2D eigenvalue weighted by Crippen LogP contribution is -2.09. The number of aromatic nitrogens is 3. The third-order valence-electron chi connectivity index (χ3n) is 4.17. The van der Waals surface area contributed by atoms with Gasteiger partial charge in [0.2, 0.25) is 5.95 Å². The molecule has 0 spiro atoms. The van der Waals surface area contributed by atoms with Crippen LogP contribution in [0.4, 0.5) is 5.95 Å². The standard InChI is InChI=1S/C17H22N4/c1-12-7-6-10-14(11-12)16-19-15(20-17(18)21-16)13-8-4-2-3-5-9-13/h6-7,10-11,13H,2-5,8-9H2,1H3,(H2,18,19,20,21). The summed E-state index contributed by atoms with van der Waals surface area (Å²) in [6.07, 6.45) is 7.49. The molecule has 1 aliphatic rings. The highest BCUT2D eigenvalue weighted by atomic mass is 15.1. The Morgan fingerprint density at radius 2 is 1.76 bits per heavy atom. The van der Waals surface area contributed by atoms with E-state index in [2.05, 4.69) is 29.0 Å². The van der Waals surface area contributed by atoms with Crippen LogP contribution in [0.2, 0.25) is 0 Å². The number of nitrogens with zero attached hydrogens (tertiary/aromatic N) is 3. The lowest BCUT2D eigenvalue weighted by molar-refractivity contribution is 0.559. The molecule has 2 aromatic rings. The second kappa shape index (κ2) is 6.20. The van der Waals surface area contributed by atoms with Crippen LogP contribution in [-0.2, 0) is 0 Å². The molecule has 0 atom stereocenters. The van der Waals surface area contributed by atoms with E-state index in [1.165, 1.54) is 31.2 Å². The zero-order valence-electron chi connectivity index (χ0n) is 12.5. The summed E-state index contributed by atoms with van der Waals surface area (Å²) in [6, 6.07) is 8.21. The van der Waals surface area contributed by atoms with Crippen molar-refractivity contribution >= 4 is 5.95 Å². The van der Waals surface area contributed by atoms with Crippen LogP contribution in [0, 0.1) is 6.92 Å². The van der Waals surface area contributed by atoms with Crippen LogP contribution in [0.3, 0.4) is 0 Å². The van der Waals surface area contributed by atoms with Gasteiger partial charge in [-0.3, -0.25) is 0 Å². The van der Waals surface area contributed by atoms with Gasteiger partial charge in [0.05, 0.1) is 0 Å². The van der Waals surface area contributed by atoms with Gasteiger partial charge in [0.15, 0.2) is 5.82 Å². The van der Waals surface area contributed by atoms with E-state index < -0.39 is 0 Å². The van der Waals surface area contributed by atoms with Gasteiger partial charge in [-0.1, -0.05) is 49.4 Å². The van der Waals surface area contributed by atoms with E-state index >= 15 is 0 Å². The molecule has 4 heteroatoms. The van der Waals surface area contributed by atoms with Gasteiger partial charge in [-0.25, -0.2) is 4.98 Å². The fourth-order valence-corrected chi connectivity index (χ4v) is 3.04. The monoisotopic (exact) mass is 282 g/mol. The molecule has 21 heavy (non-hydrogen) atoms. The smallest absolute Gasteiger partial charge is 0.223 e. The fraction of sp³-hybridized carbons (Fsp3) is 0.471. The second-order valence-corrected chi connectivity index (χ2v) is 5.93. The van der Waals surface area contributed by atoms with Crippen molar-refractivity contribution < 1.29 is 0 Å². The van der Waals surface area contributed by atoms with Crippen molar-refractivity contribution in [1.29, 1.82) is 0 Å². The first kappa shape index (κ1) is 14.0. The van der Waals surface area contributed by atoms with Crippen LogP contribution in [0.25, 0.3) is 11.4 Å².